The molecule has 5 rings (SSSR count). The Bertz CT molecular complexity index is 777. The molecule has 4 nitrogen and oxygen atoms in total. The van der Waals surface area contributed by atoms with Gasteiger partial charge in [-0.1, -0.05) is 81.6 Å². The van der Waals surface area contributed by atoms with Crippen LogP contribution in [0.4, 0.5) is 0 Å². The van der Waals surface area contributed by atoms with E-state index in [4.69, 9.17) is 18.0 Å². The zero-order chi connectivity index (χ0) is 30.9. The largest absolute Gasteiger partial charge is 0.501 e. The minimum atomic E-state index is -3.04. The summed E-state index contributed by atoms with van der Waals surface area (Å²) in [6.45, 7) is 21.9. The summed E-state index contributed by atoms with van der Waals surface area (Å²) in [5.41, 5.74) is 0. The van der Waals surface area contributed by atoms with Crippen LogP contribution in [0.3, 0.4) is 0 Å². The third-order valence-electron chi connectivity index (χ3n) is 12.8. The molecule has 0 radical (unpaired) electrons. The molecule has 12 unspecified atom stereocenters. The van der Waals surface area contributed by atoms with Crippen LogP contribution in [0.2, 0.25) is 6.04 Å². The highest BCUT2D eigenvalue weighted by Gasteiger charge is 2.53. The molecular formula is C38H70O4Si. The highest BCUT2D eigenvalue weighted by molar-refractivity contribution is 6.60. The lowest BCUT2D eigenvalue weighted by molar-refractivity contribution is -0.0961. The Labute approximate surface area is 267 Å². The van der Waals surface area contributed by atoms with Crippen LogP contribution in [0.1, 0.15) is 146 Å². The van der Waals surface area contributed by atoms with Crippen molar-refractivity contribution in [1.29, 1.82) is 0 Å². The van der Waals surface area contributed by atoms with Crippen molar-refractivity contribution in [2.75, 3.05) is 0 Å². The number of epoxide rings is 1. The van der Waals surface area contributed by atoms with Crippen molar-refractivity contribution in [1.82, 2.24) is 0 Å². The van der Waals surface area contributed by atoms with Gasteiger partial charge in [0.25, 0.3) is 0 Å². The van der Waals surface area contributed by atoms with Crippen LogP contribution in [0.5, 0.6) is 0 Å². The summed E-state index contributed by atoms with van der Waals surface area (Å²) in [6.07, 6.45) is 18.1. The molecule has 250 valence electrons. The summed E-state index contributed by atoms with van der Waals surface area (Å²) in [5.74, 6) is 6.54. The number of hydrogen-bond acceptors (Lipinski definition) is 4. The molecule has 0 N–H and O–H groups in total. The molecule has 1 aliphatic heterocycles. The van der Waals surface area contributed by atoms with Crippen LogP contribution in [0.15, 0.2) is 0 Å². The molecule has 43 heavy (non-hydrogen) atoms. The minimum absolute atomic E-state index is 0.259. The summed E-state index contributed by atoms with van der Waals surface area (Å²) >= 11 is 0. The molecule has 5 aliphatic rings. The van der Waals surface area contributed by atoms with Crippen LogP contribution in [-0.2, 0) is 18.0 Å². The van der Waals surface area contributed by atoms with E-state index in [2.05, 4.69) is 62.3 Å². The first-order chi connectivity index (χ1) is 20.4. The maximum Gasteiger partial charge on any atom is 0.501 e. The van der Waals surface area contributed by atoms with E-state index in [-0.39, 0.29) is 18.3 Å². The van der Waals surface area contributed by atoms with Gasteiger partial charge in [-0.3, -0.25) is 0 Å². The maximum absolute atomic E-state index is 7.75. The fourth-order valence-corrected chi connectivity index (χ4v) is 13.3. The summed E-state index contributed by atoms with van der Waals surface area (Å²) in [7, 11) is -3.04. The van der Waals surface area contributed by atoms with Crippen molar-refractivity contribution in [2.45, 2.75) is 182 Å². The van der Waals surface area contributed by atoms with E-state index in [0.717, 1.165) is 31.2 Å². The molecule has 1 saturated heterocycles. The Balaban J connectivity index is 1.49. The number of rotatable bonds is 12. The van der Waals surface area contributed by atoms with Gasteiger partial charge in [-0.05, 0) is 123 Å². The summed E-state index contributed by atoms with van der Waals surface area (Å²) in [5, 5.41) is 0. The Morgan fingerprint density at radius 3 is 1.33 bits per heavy atom. The molecule has 0 spiro atoms. The summed E-state index contributed by atoms with van der Waals surface area (Å²) < 4.78 is 29.2. The lowest BCUT2D eigenvalue weighted by atomic mass is 9.75. The molecule has 0 aromatic rings. The monoisotopic (exact) mass is 619 g/mol. The molecule has 5 fully saturated rings. The van der Waals surface area contributed by atoms with Crippen molar-refractivity contribution in [3.63, 3.8) is 0 Å². The topological polar surface area (TPSA) is 40.2 Å². The van der Waals surface area contributed by atoms with Crippen molar-refractivity contribution >= 4 is 8.80 Å². The molecule has 5 heteroatoms. The SMILES string of the molecule is CC1CCC(C(C)C)C(O[Si](CCC2CCC3OC3C2)(OC2CC(C)CCC2C(C)C)OC2CC(C)CCC2C(C)C)C1. The molecule has 0 aromatic heterocycles. The van der Waals surface area contributed by atoms with E-state index in [0.29, 0.717) is 65.5 Å². The van der Waals surface area contributed by atoms with Crippen LogP contribution < -0.4 is 0 Å². The molecule has 12 atom stereocenters. The third-order valence-corrected chi connectivity index (χ3v) is 15.7. The average molecular weight is 619 g/mol. The smallest absolute Gasteiger partial charge is 0.370 e. The Kier molecular flexibility index (Phi) is 11.9. The van der Waals surface area contributed by atoms with Crippen molar-refractivity contribution < 1.29 is 18.0 Å². The van der Waals surface area contributed by atoms with Crippen LogP contribution in [0, 0.1) is 59.2 Å². The second-order valence-electron chi connectivity index (χ2n) is 17.6. The molecule has 0 aromatic carbocycles. The molecule has 1 heterocycles. The zero-order valence-corrected chi connectivity index (χ0v) is 30.7. The van der Waals surface area contributed by atoms with Gasteiger partial charge in [0.2, 0.25) is 0 Å². The molecule has 4 saturated carbocycles. The maximum atomic E-state index is 7.75. The normalized spacial score (nSPS) is 43.5. The minimum Gasteiger partial charge on any atom is -0.370 e. The average Bonchev–Trinajstić information content (AvgIpc) is 3.71. The lowest BCUT2D eigenvalue weighted by Gasteiger charge is -2.48. The van der Waals surface area contributed by atoms with Crippen molar-refractivity contribution in [3.8, 4) is 0 Å². The van der Waals surface area contributed by atoms with Gasteiger partial charge in [-0.2, -0.15) is 0 Å². The zero-order valence-electron chi connectivity index (χ0n) is 29.7. The number of fused-ring (bicyclic) bond motifs is 1. The molecule has 4 aliphatic carbocycles. The highest BCUT2D eigenvalue weighted by Crippen LogP contribution is 2.46. The first-order valence-corrected chi connectivity index (χ1v) is 21.0. The van der Waals surface area contributed by atoms with E-state index in [9.17, 15) is 0 Å². The third kappa shape index (κ3) is 8.90. The Morgan fingerprint density at radius 1 is 0.535 bits per heavy atom. The van der Waals surface area contributed by atoms with E-state index in [1.807, 2.05) is 0 Å². The van der Waals surface area contributed by atoms with Crippen LogP contribution in [0.25, 0.3) is 0 Å². The first-order valence-electron chi connectivity index (χ1n) is 19.1. The van der Waals surface area contributed by atoms with Crippen molar-refractivity contribution in [2.24, 2.45) is 59.2 Å². The van der Waals surface area contributed by atoms with Gasteiger partial charge in [-0.15, -0.1) is 0 Å². The molecule has 0 amide bonds. The Hall–Kier alpha value is 0.0569. The lowest BCUT2D eigenvalue weighted by Crippen LogP contribution is -2.58. The Morgan fingerprint density at radius 2 is 0.953 bits per heavy atom. The standard InChI is InChI=1S/C38H70O4Si/c1-24(2)31-14-10-27(7)20-35(31)40-43(19-18-30-13-17-34-38(23-30)39-34,41-36-21-28(8)11-15-32(36)25(3)4)42-37-22-29(9)12-16-33(37)26(5)6/h24-38H,10-23H2,1-9H3. The van der Waals surface area contributed by atoms with E-state index in [1.165, 1.54) is 64.2 Å². The van der Waals surface area contributed by atoms with Gasteiger partial charge in [0.05, 0.1) is 30.5 Å². The van der Waals surface area contributed by atoms with Gasteiger partial charge >= 0.3 is 8.80 Å². The number of ether oxygens (including phenoxy) is 1. The highest BCUT2D eigenvalue weighted by atomic mass is 28.4. The van der Waals surface area contributed by atoms with Gasteiger partial charge < -0.3 is 18.0 Å². The predicted octanol–water partition coefficient (Wildman–Crippen LogP) is 10.3. The van der Waals surface area contributed by atoms with E-state index in [1.54, 1.807) is 0 Å². The second-order valence-corrected chi connectivity index (χ2v) is 20.1. The molecule has 0 bridgehead atoms. The molecular weight excluding hydrogens is 549 g/mol. The van der Waals surface area contributed by atoms with Crippen LogP contribution >= 0.6 is 0 Å². The predicted molar refractivity (Wildman–Crippen MR) is 180 cm³/mol. The fraction of sp³-hybridized carbons (Fsp3) is 1.00. The van der Waals surface area contributed by atoms with Gasteiger partial charge in [0.1, 0.15) is 0 Å². The number of hydrogen-bond donors (Lipinski definition) is 0. The van der Waals surface area contributed by atoms with E-state index >= 15 is 0 Å². The second kappa shape index (κ2) is 14.9. The first kappa shape index (κ1) is 34.4. The van der Waals surface area contributed by atoms with Crippen LogP contribution in [-0.4, -0.2) is 39.3 Å². The van der Waals surface area contributed by atoms with Gasteiger partial charge in [0.15, 0.2) is 0 Å². The summed E-state index contributed by atoms with van der Waals surface area (Å²) in [6, 6.07) is 0.996. The fourth-order valence-electron chi connectivity index (χ4n) is 9.83. The van der Waals surface area contributed by atoms with Crippen molar-refractivity contribution in [3.05, 3.63) is 0 Å². The summed E-state index contributed by atoms with van der Waals surface area (Å²) in [4.78, 5) is 0. The van der Waals surface area contributed by atoms with E-state index < -0.39 is 8.80 Å². The van der Waals surface area contributed by atoms with Gasteiger partial charge in [0, 0.05) is 6.04 Å². The van der Waals surface area contributed by atoms with Gasteiger partial charge in [-0.25, -0.2) is 0 Å². The quantitative estimate of drug-likeness (QED) is 0.161.